The molecule has 1 atom stereocenters. The van der Waals surface area contributed by atoms with Crippen LogP contribution in [0.4, 0.5) is 4.79 Å². The molecular formula is C14H28N2O3. The number of hydrogen-bond acceptors (Lipinski definition) is 4. The summed E-state index contributed by atoms with van der Waals surface area (Å²) in [5.74, 6) is 0. The predicted molar refractivity (Wildman–Crippen MR) is 75.2 cm³/mol. The van der Waals surface area contributed by atoms with Gasteiger partial charge in [-0.1, -0.05) is 13.3 Å². The molecule has 0 aromatic carbocycles. The van der Waals surface area contributed by atoms with Crippen molar-refractivity contribution in [2.24, 2.45) is 0 Å². The molecule has 1 aliphatic rings. The van der Waals surface area contributed by atoms with Crippen molar-refractivity contribution in [3.05, 3.63) is 0 Å². The third-order valence-corrected chi connectivity index (χ3v) is 3.11. The minimum Gasteiger partial charge on any atom is -0.444 e. The van der Waals surface area contributed by atoms with E-state index in [1.54, 1.807) is 4.90 Å². The highest BCUT2D eigenvalue weighted by molar-refractivity contribution is 5.68. The van der Waals surface area contributed by atoms with Gasteiger partial charge < -0.3 is 14.7 Å². The molecule has 0 aromatic rings. The summed E-state index contributed by atoms with van der Waals surface area (Å²) < 4.78 is 5.35. The maximum absolute atomic E-state index is 11.9. The van der Waals surface area contributed by atoms with Gasteiger partial charge in [0.1, 0.15) is 5.60 Å². The molecule has 0 saturated carbocycles. The Labute approximate surface area is 116 Å². The Hall–Kier alpha value is -0.810. The van der Waals surface area contributed by atoms with Crippen LogP contribution in [0.1, 0.15) is 40.5 Å². The van der Waals surface area contributed by atoms with E-state index in [-0.39, 0.29) is 12.2 Å². The van der Waals surface area contributed by atoms with Crippen molar-refractivity contribution < 1.29 is 14.6 Å². The second kappa shape index (κ2) is 7.10. The van der Waals surface area contributed by atoms with Crippen molar-refractivity contribution in [3.63, 3.8) is 0 Å². The van der Waals surface area contributed by atoms with Crippen LogP contribution in [-0.4, -0.2) is 65.4 Å². The van der Waals surface area contributed by atoms with Crippen molar-refractivity contribution in [1.82, 2.24) is 9.80 Å². The van der Waals surface area contributed by atoms with E-state index >= 15 is 0 Å². The number of hydrogen-bond donors (Lipinski definition) is 1. The van der Waals surface area contributed by atoms with E-state index in [1.165, 1.54) is 0 Å². The van der Waals surface area contributed by atoms with E-state index in [9.17, 15) is 9.90 Å². The Morgan fingerprint density at radius 2 is 1.84 bits per heavy atom. The summed E-state index contributed by atoms with van der Waals surface area (Å²) in [5.41, 5.74) is -0.439. The van der Waals surface area contributed by atoms with Crippen molar-refractivity contribution in [1.29, 1.82) is 0 Å². The Morgan fingerprint density at radius 3 is 2.32 bits per heavy atom. The van der Waals surface area contributed by atoms with Gasteiger partial charge in [0.15, 0.2) is 0 Å². The van der Waals surface area contributed by atoms with E-state index in [2.05, 4.69) is 11.8 Å². The van der Waals surface area contributed by atoms with Crippen molar-refractivity contribution in [2.45, 2.75) is 52.2 Å². The van der Waals surface area contributed by atoms with Gasteiger partial charge in [-0.25, -0.2) is 4.79 Å². The lowest BCUT2D eigenvalue weighted by atomic mass is 10.2. The number of carbonyl (C=O) groups is 1. The Bertz CT molecular complexity index is 281. The number of amides is 1. The van der Waals surface area contributed by atoms with Gasteiger partial charge in [-0.15, -0.1) is 0 Å². The number of β-amino-alcohol motifs (C(OH)–C–C–N with tert-alkyl or cyclic N) is 1. The fourth-order valence-electron chi connectivity index (χ4n) is 2.16. The van der Waals surface area contributed by atoms with Crippen molar-refractivity contribution in [3.8, 4) is 0 Å². The first kappa shape index (κ1) is 16.2. The van der Waals surface area contributed by atoms with Crippen molar-refractivity contribution in [2.75, 3.05) is 32.7 Å². The SMILES string of the molecule is CCCC(O)CN1CCN(C(=O)OC(C)(C)C)CC1. The summed E-state index contributed by atoms with van der Waals surface area (Å²) in [7, 11) is 0. The summed E-state index contributed by atoms with van der Waals surface area (Å²) in [5, 5.41) is 9.78. The second-order valence-electron chi connectivity index (χ2n) is 6.21. The fraction of sp³-hybridized carbons (Fsp3) is 0.929. The molecule has 5 nitrogen and oxygen atoms in total. The molecule has 0 aromatic heterocycles. The zero-order valence-corrected chi connectivity index (χ0v) is 12.7. The summed E-state index contributed by atoms with van der Waals surface area (Å²) in [6.07, 6.45) is 1.35. The van der Waals surface area contributed by atoms with Crippen LogP contribution < -0.4 is 0 Å². The minimum absolute atomic E-state index is 0.235. The van der Waals surface area contributed by atoms with E-state index in [4.69, 9.17) is 4.74 Å². The largest absolute Gasteiger partial charge is 0.444 e. The van der Waals surface area contributed by atoms with Gasteiger partial charge in [-0.2, -0.15) is 0 Å². The lowest BCUT2D eigenvalue weighted by Crippen LogP contribution is -2.51. The number of aliphatic hydroxyl groups excluding tert-OH is 1. The molecule has 1 unspecified atom stereocenters. The minimum atomic E-state index is -0.439. The highest BCUT2D eigenvalue weighted by Gasteiger charge is 2.26. The summed E-state index contributed by atoms with van der Waals surface area (Å²) >= 11 is 0. The molecular weight excluding hydrogens is 244 g/mol. The summed E-state index contributed by atoms with van der Waals surface area (Å²) in [6, 6.07) is 0. The number of nitrogens with zero attached hydrogens (tertiary/aromatic N) is 2. The van der Waals surface area contributed by atoms with Crippen LogP contribution in [0.3, 0.4) is 0 Å². The Balaban J connectivity index is 2.30. The van der Waals surface area contributed by atoms with Gasteiger partial charge >= 0.3 is 6.09 Å². The van der Waals surface area contributed by atoms with Crippen LogP contribution >= 0.6 is 0 Å². The molecule has 1 rings (SSSR count). The lowest BCUT2D eigenvalue weighted by molar-refractivity contribution is 0.00982. The Morgan fingerprint density at radius 1 is 1.26 bits per heavy atom. The van der Waals surface area contributed by atoms with Crippen LogP contribution in [-0.2, 0) is 4.74 Å². The molecule has 1 fully saturated rings. The van der Waals surface area contributed by atoms with Gasteiger partial charge in [0.2, 0.25) is 0 Å². The van der Waals surface area contributed by atoms with Gasteiger partial charge in [-0.05, 0) is 27.2 Å². The molecule has 0 bridgehead atoms. The van der Waals surface area contributed by atoms with Gasteiger partial charge in [-0.3, -0.25) is 4.90 Å². The monoisotopic (exact) mass is 272 g/mol. The zero-order valence-electron chi connectivity index (χ0n) is 12.7. The van der Waals surface area contributed by atoms with Crippen LogP contribution in [0, 0.1) is 0 Å². The first-order chi connectivity index (χ1) is 8.81. The Kier molecular flexibility index (Phi) is 6.07. The lowest BCUT2D eigenvalue weighted by Gasteiger charge is -2.36. The molecule has 1 aliphatic heterocycles. The van der Waals surface area contributed by atoms with Gasteiger partial charge in [0.05, 0.1) is 6.10 Å². The third-order valence-electron chi connectivity index (χ3n) is 3.11. The highest BCUT2D eigenvalue weighted by Crippen LogP contribution is 2.12. The number of rotatable bonds is 4. The van der Waals surface area contributed by atoms with Crippen molar-refractivity contribution >= 4 is 6.09 Å². The maximum atomic E-state index is 11.9. The molecule has 5 heteroatoms. The van der Waals surface area contributed by atoms with Crippen LogP contribution in [0.15, 0.2) is 0 Å². The van der Waals surface area contributed by atoms with Gasteiger partial charge in [0, 0.05) is 32.7 Å². The topological polar surface area (TPSA) is 53.0 Å². The molecule has 1 heterocycles. The molecule has 0 spiro atoms. The molecule has 112 valence electrons. The van der Waals surface area contributed by atoms with E-state index in [1.807, 2.05) is 20.8 Å². The van der Waals surface area contributed by atoms with Crippen LogP contribution in [0.25, 0.3) is 0 Å². The molecule has 1 amide bonds. The first-order valence-electron chi connectivity index (χ1n) is 7.20. The summed E-state index contributed by atoms with van der Waals surface area (Å²) in [6.45, 7) is 11.4. The molecule has 1 saturated heterocycles. The maximum Gasteiger partial charge on any atom is 0.410 e. The highest BCUT2D eigenvalue weighted by atomic mass is 16.6. The normalized spacial score (nSPS) is 19.3. The average molecular weight is 272 g/mol. The number of ether oxygens (including phenoxy) is 1. The fourth-order valence-corrected chi connectivity index (χ4v) is 2.16. The average Bonchev–Trinajstić information content (AvgIpc) is 2.27. The number of carbonyl (C=O) groups excluding carboxylic acids is 1. The standard InChI is InChI=1S/C14H28N2O3/c1-5-6-12(17)11-15-7-9-16(10-8-15)13(18)19-14(2,3)4/h12,17H,5-11H2,1-4H3. The zero-order chi connectivity index (χ0) is 14.5. The van der Waals surface area contributed by atoms with Crippen LogP contribution in [0.5, 0.6) is 0 Å². The van der Waals surface area contributed by atoms with E-state index < -0.39 is 5.60 Å². The smallest absolute Gasteiger partial charge is 0.410 e. The van der Waals surface area contributed by atoms with Crippen LogP contribution in [0.2, 0.25) is 0 Å². The van der Waals surface area contributed by atoms with E-state index in [0.717, 1.165) is 25.9 Å². The molecule has 0 aliphatic carbocycles. The number of aliphatic hydroxyl groups is 1. The quantitative estimate of drug-likeness (QED) is 0.846. The predicted octanol–water partition coefficient (Wildman–Crippen LogP) is 1.70. The third kappa shape index (κ3) is 6.25. The molecule has 1 N–H and O–H groups in total. The molecule has 19 heavy (non-hydrogen) atoms. The number of piperazine rings is 1. The van der Waals surface area contributed by atoms with E-state index in [0.29, 0.717) is 19.6 Å². The molecule has 0 radical (unpaired) electrons. The first-order valence-corrected chi connectivity index (χ1v) is 7.20. The van der Waals surface area contributed by atoms with Gasteiger partial charge in [0.25, 0.3) is 0 Å². The summed E-state index contributed by atoms with van der Waals surface area (Å²) in [4.78, 5) is 15.8. The second-order valence-corrected chi connectivity index (χ2v) is 6.21.